The van der Waals surface area contributed by atoms with Crippen LogP contribution in [0.15, 0.2) is 0 Å². The highest BCUT2D eigenvalue weighted by atomic mass is 15.1. The summed E-state index contributed by atoms with van der Waals surface area (Å²) in [4.78, 5) is 9.23. The van der Waals surface area contributed by atoms with Gasteiger partial charge in [-0.15, -0.1) is 0 Å². The van der Waals surface area contributed by atoms with Gasteiger partial charge in [0.2, 0.25) is 0 Å². The maximum Gasteiger partial charge on any atom is 0.134 e. The second-order valence-electron chi connectivity index (χ2n) is 5.36. The first-order chi connectivity index (χ1) is 9.57. The third kappa shape index (κ3) is 4.09. The maximum atomic E-state index is 4.66. The van der Waals surface area contributed by atoms with E-state index < -0.39 is 0 Å². The molecule has 0 aliphatic heterocycles. The molecule has 2 N–H and O–H groups in total. The van der Waals surface area contributed by atoms with Crippen LogP contribution in [0.4, 0.5) is 11.6 Å². The third-order valence-corrected chi connectivity index (χ3v) is 3.97. The number of hydrogen-bond acceptors (Lipinski definition) is 4. The molecular formula is C16H30N4. The lowest BCUT2D eigenvalue weighted by Gasteiger charge is -2.24. The van der Waals surface area contributed by atoms with Crippen molar-refractivity contribution < 1.29 is 0 Å². The van der Waals surface area contributed by atoms with Gasteiger partial charge >= 0.3 is 0 Å². The van der Waals surface area contributed by atoms with E-state index in [1.54, 1.807) is 0 Å². The fraction of sp³-hybridized carbons (Fsp3) is 0.750. The molecule has 0 aliphatic rings. The van der Waals surface area contributed by atoms with Gasteiger partial charge in [0.1, 0.15) is 17.5 Å². The normalized spacial score (nSPS) is 12.6. The fourth-order valence-electron chi connectivity index (χ4n) is 2.53. The first kappa shape index (κ1) is 16.7. The van der Waals surface area contributed by atoms with Crippen molar-refractivity contribution in [3.05, 3.63) is 11.4 Å². The molecule has 1 aromatic rings. The van der Waals surface area contributed by atoms with E-state index in [2.05, 4.69) is 62.1 Å². The van der Waals surface area contributed by atoms with Crippen LogP contribution >= 0.6 is 0 Å². The van der Waals surface area contributed by atoms with Crippen LogP contribution in [0, 0.1) is 12.8 Å². The summed E-state index contributed by atoms with van der Waals surface area (Å²) in [5.74, 6) is 3.51. The van der Waals surface area contributed by atoms with Gasteiger partial charge in [0.25, 0.3) is 0 Å². The quantitative estimate of drug-likeness (QED) is 0.754. The molecule has 1 aromatic heterocycles. The Morgan fingerprint density at radius 1 is 1.00 bits per heavy atom. The van der Waals surface area contributed by atoms with Gasteiger partial charge in [-0.2, -0.15) is 0 Å². The summed E-state index contributed by atoms with van der Waals surface area (Å²) in [6.07, 6.45) is 3.23. The minimum absolute atomic E-state index is 0.429. The van der Waals surface area contributed by atoms with Gasteiger partial charge < -0.3 is 10.6 Å². The molecule has 0 saturated heterocycles. The predicted molar refractivity (Wildman–Crippen MR) is 87.5 cm³/mol. The summed E-state index contributed by atoms with van der Waals surface area (Å²) in [7, 11) is 0. The van der Waals surface area contributed by atoms with Gasteiger partial charge in [0.05, 0.1) is 0 Å². The number of nitrogens with one attached hydrogen (secondary N) is 2. The Morgan fingerprint density at radius 2 is 1.60 bits per heavy atom. The average molecular weight is 278 g/mol. The molecule has 0 aromatic carbocycles. The van der Waals surface area contributed by atoms with Crippen LogP contribution in [-0.4, -0.2) is 22.6 Å². The lowest BCUT2D eigenvalue weighted by Crippen LogP contribution is -2.26. The van der Waals surface area contributed by atoms with Crippen molar-refractivity contribution in [1.82, 2.24) is 9.97 Å². The topological polar surface area (TPSA) is 49.8 Å². The Hall–Kier alpha value is -1.32. The highest BCUT2D eigenvalue weighted by molar-refractivity contribution is 5.57. The number of hydrogen-bond donors (Lipinski definition) is 2. The van der Waals surface area contributed by atoms with Gasteiger partial charge in [0, 0.05) is 24.6 Å². The lowest BCUT2D eigenvalue weighted by molar-refractivity contribution is 0.437. The molecule has 0 fully saturated rings. The number of nitrogens with zero attached hydrogens (tertiary/aromatic N) is 2. The molecule has 1 heterocycles. The third-order valence-electron chi connectivity index (χ3n) is 3.97. The van der Waals surface area contributed by atoms with E-state index in [4.69, 9.17) is 0 Å². The molecule has 0 bridgehead atoms. The standard InChI is InChI=1S/C16H30N4/c1-7-13(8-2)12(6)18-16-11(5)15(17-10-4)19-14(9-3)20-16/h12-13H,7-10H2,1-6H3,(H2,17,18,19,20). The van der Waals surface area contributed by atoms with E-state index in [1.165, 1.54) is 12.8 Å². The van der Waals surface area contributed by atoms with Crippen molar-refractivity contribution >= 4 is 11.6 Å². The number of aryl methyl sites for hydroxylation is 1. The van der Waals surface area contributed by atoms with Crippen LogP contribution in [0.5, 0.6) is 0 Å². The van der Waals surface area contributed by atoms with Gasteiger partial charge in [-0.3, -0.25) is 0 Å². The number of aromatic nitrogens is 2. The van der Waals surface area contributed by atoms with E-state index >= 15 is 0 Å². The van der Waals surface area contributed by atoms with E-state index in [9.17, 15) is 0 Å². The highest BCUT2D eigenvalue weighted by Gasteiger charge is 2.16. The smallest absolute Gasteiger partial charge is 0.134 e. The van der Waals surface area contributed by atoms with Crippen molar-refractivity contribution in [3.8, 4) is 0 Å². The highest BCUT2D eigenvalue weighted by Crippen LogP contribution is 2.23. The second-order valence-corrected chi connectivity index (χ2v) is 5.36. The fourth-order valence-corrected chi connectivity index (χ4v) is 2.53. The zero-order valence-electron chi connectivity index (χ0n) is 13.9. The zero-order chi connectivity index (χ0) is 15.1. The number of rotatable bonds is 8. The molecular weight excluding hydrogens is 248 g/mol. The van der Waals surface area contributed by atoms with Crippen LogP contribution < -0.4 is 10.6 Å². The van der Waals surface area contributed by atoms with Gasteiger partial charge in [-0.25, -0.2) is 9.97 Å². The summed E-state index contributed by atoms with van der Waals surface area (Å²) < 4.78 is 0. The molecule has 1 rings (SSSR count). The molecule has 1 atom stereocenters. The first-order valence-electron chi connectivity index (χ1n) is 7.95. The molecule has 0 saturated carbocycles. The lowest BCUT2D eigenvalue weighted by atomic mass is 9.95. The molecule has 114 valence electrons. The Labute approximate surface area is 123 Å². The zero-order valence-corrected chi connectivity index (χ0v) is 13.9. The van der Waals surface area contributed by atoms with E-state index in [1.807, 2.05) is 0 Å². The van der Waals surface area contributed by atoms with E-state index in [0.29, 0.717) is 12.0 Å². The van der Waals surface area contributed by atoms with Crippen molar-refractivity contribution in [1.29, 1.82) is 0 Å². The molecule has 4 heteroatoms. The minimum Gasteiger partial charge on any atom is -0.370 e. The summed E-state index contributed by atoms with van der Waals surface area (Å²) in [5, 5.41) is 6.92. The van der Waals surface area contributed by atoms with Gasteiger partial charge in [0.15, 0.2) is 0 Å². The van der Waals surface area contributed by atoms with Crippen molar-refractivity contribution in [2.75, 3.05) is 17.2 Å². The van der Waals surface area contributed by atoms with Crippen molar-refractivity contribution in [2.45, 2.75) is 66.8 Å². The van der Waals surface area contributed by atoms with E-state index in [-0.39, 0.29) is 0 Å². The van der Waals surface area contributed by atoms with Crippen LogP contribution in [0.1, 0.15) is 58.8 Å². The minimum atomic E-state index is 0.429. The molecule has 0 aliphatic carbocycles. The Bertz CT molecular complexity index is 413. The van der Waals surface area contributed by atoms with E-state index in [0.717, 1.165) is 36.0 Å². The van der Waals surface area contributed by atoms with Crippen LogP contribution in [-0.2, 0) is 6.42 Å². The predicted octanol–water partition coefficient (Wildman–Crippen LogP) is 4.02. The summed E-state index contributed by atoms with van der Waals surface area (Å²) in [5.41, 5.74) is 1.11. The van der Waals surface area contributed by atoms with Gasteiger partial charge in [-0.05, 0) is 26.7 Å². The molecule has 0 spiro atoms. The van der Waals surface area contributed by atoms with Gasteiger partial charge in [-0.1, -0.05) is 33.6 Å². The molecule has 20 heavy (non-hydrogen) atoms. The summed E-state index contributed by atoms with van der Waals surface area (Å²) in [6, 6.07) is 0.429. The molecule has 4 nitrogen and oxygen atoms in total. The Morgan fingerprint density at radius 3 is 2.10 bits per heavy atom. The van der Waals surface area contributed by atoms with Crippen LogP contribution in [0.25, 0.3) is 0 Å². The largest absolute Gasteiger partial charge is 0.370 e. The second kappa shape index (κ2) is 8.08. The van der Waals surface area contributed by atoms with Crippen LogP contribution in [0.2, 0.25) is 0 Å². The Kier molecular flexibility index (Phi) is 6.76. The molecule has 0 amide bonds. The van der Waals surface area contributed by atoms with Crippen LogP contribution in [0.3, 0.4) is 0 Å². The van der Waals surface area contributed by atoms with Crippen molar-refractivity contribution in [3.63, 3.8) is 0 Å². The first-order valence-corrected chi connectivity index (χ1v) is 7.95. The molecule has 0 radical (unpaired) electrons. The molecule has 1 unspecified atom stereocenters. The van der Waals surface area contributed by atoms with Crippen molar-refractivity contribution in [2.24, 2.45) is 5.92 Å². The summed E-state index contributed by atoms with van der Waals surface area (Å²) >= 11 is 0. The Balaban J connectivity index is 3.01. The average Bonchev–Trinajstić information content (AvgIpc) is 2.44. The maximum absolute atomic E-state index is 4.66. The summed E-state index contributed by atoms with van der Waals surface area (Å²) in [6.45, 7) is 13.9. The monoisotopic (exact) mass is 278 g/mol. The SMILES string of the molecule is CCNc1nc(CC)nc(NC(C)C(CC)CC)c1C. The number of anilines is 2.